The third-order valence-corrected chi connectivity index (χ3v) is 10.5. The lowest BCUT2D eigenvalue weighted by Gasteiger charge is -2.36. The molecular weight excluding hydrogens is 625 g/mol. The zero-order valence-electron chi connectivity index (χ0n) is 26.8. The van der Waals surface area contributed by atoms with Crippen LogP contribution in [0.5, 0.6) is 0 Å². The van der Waals surface area contributed by atoms with Crippen molar-refractivity contribution in [3.8, 4) is 0 Å². The number of alkyl halides is 3. The van der Waals surface area contributed by atoms with Gasteiger partial charge in [0.05, 0.1) is 11.3 Å². The van der Waals surface area contributed by atoms with Crippen molar-refractivity contribution in [2.75, 3.05) is 35.8 Å². The van der Waals surface area contributed by atoms with Gasteiger partial charge in [0, 0.05) is 49.3 Å². The summed E-state index contributed by atoms with van der Waals surface area (Å²) in [5.74, 6) is 0.0280. The number of hydrogen-bond acceptors (Lipinski definition) is 5. The van der Waals surface area contributed by atoms with E-state index in [-0.39, 0.29) is 16.7 Å². The summed E-state index contributed by atoms with van der Waals surface area (Å²) in [5.41, 5.74) is 1.95. The van der Waals surface area contributed by atoms with Crippen LogP contribution in [0.25, 0.3) is 0 Å². The van der Waals surface area contributed by atoms with Crippen LogP contribution in [0.4, 0.5) is 30.2 Å². The number of carbonyl (C=O) groups is 1. The predicted molar refractivity (Wildman–Crippen MR) is 181 cm³/mol. The molecule has 1 N–H and O–H groups in total. The molecular formula is C36H43F3N4O3S. The second-order valence-corrected chi connectivity index (χ2v) is 14.0. The molecule has 0 atom stereocenters. The van der Waals surface area contributed by atoms with Crippen molar-refractivity contribution < 1.29 is 26.4 Å². The second kappa shape index (κ2) is 15.4. The van der Waals surface area contributed by atoms with E-state index < -0.39 is 21.8 Å². The molecule has 0 unspecified atom stereocenters. The number of nitrogens with one attached hydrogen (secondary N) is 1. The first kappa shape index (κ1) is 34.5. The van der Waals surface area contributed by atoms with Gasteiger partial charge >= 0.3 is 6.18 Å². The highest BCUT2D eigenvalue weighted by atomic mass is 32.2. The Morgan fingerprint density at radius 3 is 2.09 bits per heavy atom. The summed E-state index contributed by atoms with van der Waals surface area (Å²) < 4.78 is 69.6. The topological polar surface area (TPSA) is 82.1 Å². The van der Waals surface area contributed by atoms with Gasteiger partial charge in [0.25, 0.3) is 15.9 Å². The average molecular weight is 669 g/mol. The molecule has 2 fully saturated rings. The summed E-state index contributed by atoms with van der Waals surface area (Å²) in [6, 6.07) is 16.9. The molecule has 0 bridgehead atoms. The highest BCUT2D eigenvalue weighted by Gasteiger charge is 2.31. The van der Waals surface area contributed by atoms with Gasteiger partial charge in [-0.3, -0.25) is 14.5 Å². The van der Waals surface area contributed by atoms with Gasteiger partial charge in [0.1, 0.15) is 4.90 Å². The second-order valence-electron chi connectivity index (χ2n) is 12.3. The van der Waals surface area contributed by atoms with Crippen LogP contribution < -0.4 is 9.62 Å². The Hall–Kier alpha value is -3.86. The van der Waals surface area contributed by atoms with Crippen LogP contribution in [-0.4, -0.2) is 51.6 Å². The van der Waals surface area contributed by atoms with Crippen molar-refractivity contribution in [2.45, 2.75) is 81.7 Å². The monoisotopic (exact) mass is 668 g/mol. The van der Waals surface area contributed by atoms with E-state index in [1.54, 1.807) is 60.5 Å². The van der Waals surface area contributed by atoms with Crippen LogP contribution in [0.1, 0.15) is 92.1 Å². The standard InChI is InChI=1S/C36H43F3N4O3S/c1-2-40-34-32(27-12-8-6-4-3-5-7-9-13-27)16-11-17-33(34)47(45,46)41-30-20-18-28(19-21-30)35(44)43-24-22-42(23-25-43)31-15-10-14-29(26-31)36(37,38)39/h2,10-11,14-21,26-27,41H,3-9,12-13,22-25H2,1H3. The smallest absolute Gasteiger partial charge is 0.368 e. The number of hydrogen-bond donors (Lipinski definition) is 1. The minimum Gasteiger partial charge on any atom is -0.368 e. The molecule has 0 spiro atoms. The van der Waals surface area contributed by atoms with E-state index in [9.17, 15) is 26.4 Å². The number of piperazine rings is 1. The number of carbonyl (C=O) groups excluding carboxylic acids is 1. The van der Waals surface area contributed by atoms with E-state index in [0.29, 0.717) is 48.8 Å². The number of anilines is 2. The van der Waals surface area contributed by atoms with Crippen LogP contribution in [0.15, 0.2) is 76.6 Å². The molecule has 252 valence electrons. The van der Waals surface area contributed by atoms with Crippen LogP contribution in [0, 0.1) is 0 Å². The van der Waals surface area contributed by atoms with Crippen LogP contribution in [0.3, 0.4) is 0 Å². The van der Waals surface area contributed by atoms with Crippen LogP contribution in [0.2, 0.25) is 0 Å². The number of benzene rings is 3. The molecule has 0 aromatic heterocycles. The fourth-order valence-electron chi connectivity index (χ4n) is 6.59. The molecule has 11 heteroatoms. The van der Waals surface area contributed by atoms with Crippen molar-refractivity contribution in [3.63, 3.8) is 0 Å². The Morgan fingerprint density at radius 2 is 1.47 bits per heavy atom. The number of amides is 1. The largest absolute Gasteiger partial charge is 0.416 e. The number of rotatable bonds is 7. The number of nitrogens with zero attached hydrogens (tertiary/aromatic N) is 3. The van der Waals surface area contributed by atoms with Gasteiger partial charge in [-0.05, 0) is 79.8 Å². The number of para-hydroxylation sites is 1. The molecule has 7 nitrogen and oxygen atoms in total. The van der Waals surface area contributed by atoms with Gasteiger partial charge in [0.2, 0.25) is 0 Å². The van der Waals surface area contributed by atoms with Gasteiger partial charge in [0.15, 0.2) is 0 Å². The fourth-order valence-corrected chi connectivity index (χ4v) is 7.83. The summed E-state index contributed by atoms with van der Waals surface area (Å²) in [7, 11) is -3.99. The van der Waals surface area contributed by atoms with E-state index in [2.05, 4.69) is 9.71 Å². The van der Waals surface area contributed by atoms with Crippen LogP contribution in [-0.2, 0) is 16.2 Å². The van der Waals surface area contributed by atoms with Crippen LogP contribution >= 0.6 is 0 Å². The lowest BCUT2D eigenvalue weighted by atomic mass is 9.86. The number of halogens is 3. The summed E-state index contributed by atoms with van der Waals surface area (Å²) in [6.07, 6.45) is 7.64. The first-order chi connectivity index (χ1) is 22.6. The Balaban J connectivity index is 1.25. The molecule has 3 aromatic rings. The normalized spacial score (nSPS) is 17.5. The first-order valence-corrected chi connectivity index (χ1v) is 18.0. The Labute approximate surface area is 275 Å². The van der Waals surface area contributed by atoms with Crippen molar-refractivity contribution in [2.24, 2.45) is 4.99 Å². The average Bonchev–Trinajstić information content (AvgIpc) is 3.07. The predicted octanol–water partition coefficient (Wildman–Crippen LogP) is 8.80. The van der Waals surface area contributed by atoms with Gasteiger partial charge in [-0.25, -0.2) is 8.42 Å². The Morgan fingerprint density at radius 1 is 0.851 bits per heavy atom. The highest BCUT2D eigenvalue weighted by Crippen LogP contribution is 2.39. The van der Waals surface area contributed by atoms with E-state index in [0.717, 1.165) is 43.4 Å². The quantitative estimate of drug-likeness (QED) is 0.255. The van der Waals surface area contributed by atoms with Crippen molar-refractivity contribution in [3.05, 3.63) is 83.4 Å². The van der Waals surface area contributed by atoms with Gasteiger partial charge in [-0.2, -0.15) is 13.2 Å². The molecule has 3 aromatic carbocycles. The van der Waals surface area contributed by atoms with Crippen molar-refractivity contribution >= 4 is 39.2 Å². The molecule has 1 aliphatic carbocycles. The minimum atomic E-state index is -4.42. The summed E-state index contributed by atoms with van der Waals surface area (Å²) in [4.78, 5) is 21.4. The molecule has 1 saturated heterocycles. The molecule has 2 aliphatic rings. The first-order valence-electron chi connectivity index (χ1n) is 16.5. The molecule has 1 saturated carbocycles. The SMILES string of the molecule is CC=Nc1c(C2CCCCCCCCC2)cccc1S(=O)(=O)Nc1ccc(C(=O)N2CCN(c3cccc(C(F)(F)F)c3)CC2)cc1. The fraction of sp³-hybridized carbons (Fsp3) is 0.444. The maximum atomic E-state index is 13.7. The van der Waals surface area contributed by atoms with E-state index in [4.69, 9.17) is 0 Å². The highest BCUT2D eigenvalue weighted by molar-refractivity contribution is 7.92. The summed E-state index contributed by atoms with van der Waals surface area (Å²) in [5, 5.41) is 0. The van der Waals surface area contributed by atoms with Crippen molar-refractivity contribution in [1.82, 2.24) is 4.90 Å². The van der Waals surface area contributed by atoms with Gasteiger partial charge in [-0.15, -0.1) is 0 Å². The Bertz CT molecular complexity index is 1640. The number of aliphatic imine (C=N–C) groups is 1. The molecule has 0 radical (unpaired) electrons. The zero-order valence-corrected chi connectivity index (χ0v) is 27.6. The number of sulfonamides is 1. The zero-order chi connectivity index (χ0) is 33.4. The van der Waals surface area contributed by atoms with E-state index >= 15 is 0 Å². The molecule has 5 rings (SSSR count). The lowest BCUT2D eigenvalue weighted by Crippen LogP contribution is -2.48. The van der Waals surface area contributed by atoms with Crippen molar-refractivity contribution in [1.29, 1.82) is 0 Å². The summed E-state index contributed by atoms with van der Waals surface area (Å²) in [6.45, 7) is 3.28. The molecule has 1 heterocycles. The lowest BCUT2D eigenvalue weighted by molar-refractivity contribution is -0.137. The molecule has 47 heavy (non-hydrogen) atoms. The summed E-state index contributed by atoms with van der Waals surface area (Å²) >= 11 is 0. The van der Waals surface area contributed by atoms with E-state index in [1.807, 2.05) is 11.0 Å². The maximum absolute atomic E-state index is 13.7. The third kappa shape index (κ3) is 8.74. The van der Waals surface area contributed by atoms with Gasteiger partial charge in [-0.1, -0.05) is 63.1 Å². The molecule has 1 aliphatic heterocycles. The van der Waals surface area contributed by atoms with Gasteiger partial charge < -0.3 is 9.80 Å². The minimum absolute atomic E-state index is 0.129. The third-order valence-electron chi connectivity index (χ3n) is 9.11. The maximum Gasteiger partial charge on any atom is 0.416 e. The van der Waals surface area contributed by atoms with E-state index in [1.165, 1.54) is 38.2 Å². The Kier molecular flexibility index (Phi) is 11.3. The molecule has 1 amide bonds.